The first-order valence-electron chi connectivity index (χ1n) is 15.1. The molecule has 5 rings (SSSR count). The summed E-state index contributed by atoms with van der Waals surface area (Å²) in [6, 6.07) is -2.99. The highest BCUT2D eigenvalue weighted by Gasteiger charge is 2.84. The van der Waals surface area contributed by atoms with Gasteiger partial charge in [0.05, 0.1) is 0 Å². The molecule has 1 aromatic rings. The zero-order valence-electron chi connectivity index (χ0n) is 25.2. The summed E-state index contributed by atoms with van der Waals surface area (Å²) in [5, 5.41) is 4.82. The van der Waals surface area contributed by atoms with Crippen molar-refractivity contribution in [3.8, 4) is 0 Å². The van der Waals surface area contributed by atoms with Gasteiger partial charge in [-0.25, -0.2) is 13.2 Å². The number of halogens is 6. The molecule has 3 unspecified atom stereocenters. The number of carbonyl (C=O) groups excluding carboxylic acids is 5. The molecule has 3 heterocycles. The summed E-state index contributed by atoms with van der Waals surface area (Å²) in [7, 11) is 0. The first-order chi connectivity index (χ1) is 21.4. The Morgan fingerprint density at radius 2 is 1.74 bits per heavy atom. The highest BCUT2D eigenvalue weighted by atomic mass is 19.4. The molecule has 0 aromatic heterocycles. The smallest absolute Gasteiger partial charge is 0.369 e. The van der Waals surface area contributed by atoms with Gasteiger partial charge in [0.25, 0.3) is 5.91 Å². The van der Waals surface area contributed by atoms with Crippen molar-refractivity contribution >= 4 is 35.1 Å². The molecule has 4 amide bonds. The van der Waals surface area contributed by atoms with Gasteiger partial charge in [-0.1, -0.05) is 13.8 Å². The van der Waals surface area contributed by atoms with Gasteiger partial charge in [0.15, 0.2) is 11.6 Å². The van der Waals surface area contributed by atoms with Crippen molar-refractivity contribution in [2.75, 3.05) is 31.5 Å². The van der Waals surface area contributed by atoms with Gasteiger partial charge in [0.2, 0.25) is 23.5 Å². The lowest BCUT2D eigenvalue weighted by Gasteiger charge is -2.40. The largest absolute Gasteiger partial charge is 0.389 e. The minimum absolute atomic E-state index is 0.127. The average Bonchev–Trinajstić information content (AvgIpc) is 3.25. The lowest BCUT2D eigenvalue weighted by atomic mass is 9.70. The van der Waals surface area contributed by atoms with E-state index in [1.165, 1.54) is 4.90 Å². The summed E-state index contributed by atoms with van der Waals surface area (Å²) < 4.78 is 82.6. The van der Waals surface area contributed by atoms with Crippen LogP contribution in [-0.4, -0.2) is 83.7 Å². The van der Waals surface area contributed by atoms with E-state index < -0.39 is 106 Å². The quantitative estimate of drug-likeness (QED) is 0.246. The summed E-state index contributed by atoms with van der Waals surface area (Å²) in [4.78, 5) is 69.4. The maximum atomic E-state index is 14.5. The standard InChI is InChI=1S/C30H35F6N5O5/c1-28(2)20-13-41(26(45)19(4-6-29(34,35)36)39-21-17(32)11-15(31)12-18(21)33)23(24(37)43)30(20,28)16(10-14-5-7-38-25(14)44)22(42)27(46)40-8-3-9-40/h11-12,14,16,19-20,23,39H,3-10,13H2,1-2H3,(H2,37,43)(H,38,44)/t14-,16-,19-,20?,23?,30?/m1/s1. The predicted molar refractivity (Wildman–Crippen MR) is 149 cm³/mol. The van der Waals surface area contributed by atoms with Crippen LogP contribution in [0.25, 0.3) is 0 Å². The molecule has 10 nitrogen and oxygen atoms in total. The van der Waals surface area contributed by atoms with Gasteiger partial charge in [0, 0.05) is 62.0 Å². The third-order valence-corrected chi connectivity index (χ3v) is 10.4. The van der Waals surface area contributed by atoms with E-state index >= 15 is 0 Å². The van der Waals surface area contributed by atoms with E-state index in [0.29, 0.717) is 32.5 Å². The maximum absolute atomic E-state index is 14.5. The number of anilines is 1. The fourth-order valence-electron chi connectivity index (χ4n) is 8.03. The van der Waals surface area contributed by atoms with Gasteiger partial charge < -0.3 is 26.2 Å². The van der Waals surface area contributed by atoms with E-state index in [1.807, 2.05) is 0 Å². The van der Waals surface area contributed by atoms with Crippen LogP contribution in [0.1, 0.15) is 46.0 Å². The molecule has 4 aliphatic rings. The number of benzene rings is 1. The van der Waals surface area contributed by atoms with Crippen LogP contribution < -0.4 is 16.4 Å². The molecule has 3 saturated heterocycles. The SMILES string of the molecule is CC1(C)C2CN(C(=O)[C@@H](CCC(F)(F)F)Nc3c(F)cc(F)cc3F)C(C(N)=O)C21[C@H](C[C@H]1CCNC1=O)C(=O)C(=O)N1CCC1. The Kier molecular flexibility index (Phi) is 8.56. The Morgan fingerprint density at radius 1 is 1.11 bits per heavy atom. The molecule has 4 N–H and O–H groups in total. The van der Waals surface area contributed by atoms with E-state index in [4.69, 9.17) is 5.73 Å². The number of hydrogen-bond acceptors (Lipinski definition) is 6. The predicted octanol–water partition coefficient (Wildman–Crippen LogP) is 2.51. The Balaban J connectivity index is 1.53. The summed E-state index contributed by atoms with van der Waals surface area (Å²) >= 11 is 0. The van der Waals surface area contributed by atoms with E-state index in [1.54, 1.807) is 13.8 Å². The average molecular weight is 660 g/mol. The summed E-state index contributed by atoms with van der Waals surface area (Å²) in [6.45, 7) is 4.19. The number of primary amides is 1. The van der Waals surface area contributed by atoms with Crippen molar-refractivity contribution < 1.29 is 50.3 Å². The highest BCUT2D eigenvalue weighted by molar-refractivity contribution is 6.37. The number of rotatable bonds is 11. The van der Waals surface area contributed by atoms with Crippen LogP contribution in [-0.2, 0) is 24.0 Å². The second kappa shape index (κ2) is 11.7. The minimum Gasteiger partial charge on any atom is -0.369 e. The van der Waals surface area contributed by atoms with Crippen molar-refractivity contribution in [2.45, 2.75) is 64.2 Å². The summed E-state index contributed by atoms with van der Waals surface area (Å²) in [5.74, 6) is -11.1. The molecular formula is C30H35F6N5O5. The Labute approximate surface area is 260 Å². The molecule has 1 aliphatic carbocycles. The Morgan fingerprint density at radius 3 is 2.24 bits per heavy atom. The van der Waals surface area contributed by atoms with Gasteiger partial charge in [-0.2, -0.15) is 13.2 Å². The number of piperidine rings is 1. The normalized spacial score (nSPS) is 27.7. The number of nitrogens with zero attached hydrogens (tertiary/aromatic N) is 2. The van der Waals surface area contributed by atoms with Crippen LogP contribution >= 0.6 is 0 Å². The molecule has 3 aliphatic heterocycles. The van der Waals surface area contributed by atoms with E-state index in [0.717, 1.165) is 4.90 Å². The third kappa shape index (κ3) is 5.57. The molecule has 16 heteroatoms. The monoisotopic (exact) mass is 659 g/mol. The van der Waals surface area contributed by atoms with Gasteiger partial charge in [-0.05, 0) is 37.0 Å². The van der Waals surface area contributed by atoms with Crippen LogP contribution in [0.15, 0.2) is 12.1 Å². The molecule has 46 heavy (non-hydrogen) atoms. The Hall–Kier alpha value is -3.85. The fraction of sp³-hybridized carbons (Fsp3) is 0.633. The number of nitrogens with two attached hydrogens (primary N) is 1. The van der Waals surface area contributed by atoms with Crippen molar-refractivity contribution in [3.63, 3.8) is 0 Å². The van der Waals surface area contributed by atoms with Gasteiger partial charge in [-0.15, -0.1) is 0 Å². The molecule has 0 bridgehead atoms. The minimum atomic E-state index is -4.78. The van der Waals surface area contributed by atoms with Crippen molar-refractivity contribution in [2.24, 2.45) is 34.3 Å². The zero-order valence-corrected chi connectivity index (χ0v) is 25.2. The number of amides is 4. The molecule has 1 aromatic carbocycles. The van der Waals surface area contributed by atoms with E-state index in [9.17, 15) is 50.3 Å². The van der Waals surface area contributed by atoms with Crippen molar-refractivity contribution in [3.05, 3.63) is 29.6 Å². The lowest BCUT2D eigenvalue weighted by molar-refractivity contribution is -0.153. The number of likely N-dealkylation sites (tertiary alicyclic amines) is 2. The Bertz CT molecular complexity index is 1440. The van der Waals surface area contributed by atoms with Crippen molar-refractivity contribution in [1.29, 1.82) is 0 Å². The molecule has 252 valence electrons. The van der Waals surface area contributed by atoms with Gasteiger partial charge in [-0.3, -0.25) is 24.0 Å². The van der Waals surface area contributed by atoms with E-state index in [-0.39, 0.29) is 31.0 Å². The number of fused-ring (bicyclic) bond motifs is 1. The van der Waals surface area contributed by atoms with Crippen LogP contribution in [0.5, 0.6) is 0 Å². The van der Waals surface area contributed by atoms with Crippen LogP contribution in [0.2, 0.25) is 0 Å². The number of hydrogen-bond donors (Lipinski definition) is 3. The zero-order chi connectivity index (χ0) is 33.9. The number of carbonyl (C=O) groups is 5. The number of alkyl halides is 3. The van der Waals surface area contributed by atoms with E-state index in [2.05, 4.69) is 10.6 Å². The second-order valence-corrected chi connectivity index (χ2v) is 13.2. The molecule has 4 fully saturated rings. The highest BCUT2D eigenvalue weighted by Crippen LogP contribution is 2.79. The number of nitrogens with one attached hydrogen (secondary N) is 2. The molecule has 0 radical (unpaired) electrons. The molecule has 0 spiro atoms. The third-order valence-electron chi connectivity index (χ3n) is 10.4. The number of ketones is 1. The van der Waals surface area contributed by atoms with Crippen LogP contribution in [0.4, 0.5) is 32.0 Å². The fourth-order valence-corrected chi connectivity index (χ4v) is 8.03. The number of Topliss-reactive ketones (excluding diaryl/α,β-unsaturated/α-hetero) is 1. The summed E-state index contributed by atoms with van der Waals surface area (Å²) in [6.07, 6.45) is -6.45. The maximum Gasteiger partial charge on any atom is 0.389 e. The van der Waals surface area contributed by atoms with Crippen LogP contribution in [0.3, 0.4) is 0 Å². The molecule has 1 saturated carbocycles. The van der Waals surface area contributed by atoms with Gasteiger partial charge in [0.1, 0.15) is 23.6 Å². The van der Waals surface area contributed by atoms with Crippen LogP contribution in [0, 0.1) is 46.0 Å². The molecular weight excluding hydrogens is 624 g/mol. The van der Waals surface area contributed by atoms with Gasteiger partial charge >= 0.3 is 6.18 Å². The molecule has 6 atom stereocenters. The lowest BCUT2D eigenvalue weighted by Crippen LogP contribution is -2.58. The summed E-state index contributed by atoms with van der Waals surface area (Å²) in [5.41, 5.74) is 2.48. The first kappa shape index (κ1) is 33.5. The van der Waals surface area contributed by atoms with Crippen molar-refractivity contribution in [1.82, 2.24) is 15.1 Å². The topological polar surface area (TPSA) is 142 Å². The first-order valence-corrected chi connectivity index (χ1v) is 15.1. The second-order valence-electron chi connectivity index (χ2n) is 13.2.